The van der Waals surface area contributed by atoms with Gasteiger partial charge in [-0.25, -0.2) is 9.78 Å². The smallest absolute Gasteiger partial charge is 0.321 e. The number of aryl methyl sites for hydroxylation is 2. The molecule has 2 heterocycles. The molecular formula is C21H28N4O3S2. The molecule has 0 bridgehead atoms. The number of aromatic nitrogens is 2. The zero-order chi connectivity index (χ0) is 21.5. The first-order valence-electron chi connectivity index (χ1n) is 10.4. The Bertz CT molecular complexity index is 996. The Morgan fingerprint density at radius 3 is 2.87 bits per heavy atom. The maximum atomic E-state index is 13.4. The average Bonchev–Trinajstić information content (AvgIpc) is 3.11. The van der Waals surface area contributed by atoms with Crippen molar-refractivity contribution >= 4 is 45.3 Å². The molecule has 7 nitrogen and oxygen atoms in total. The number of amides is 3. The van der Waals surface area contributed by atoms with Crippen LogP contribution in [0.25, 0.3) is 10.2 Å². The minimum Gasteiger partial charge on any atom is -0.334 e. The Morgan fingerprint density at radius 2 is 2.10 bits per heavy atom. The molecule has 162 valence electrons. The van der Waals surface area contributed by atoms with Crippen LogP contribution in [0, 0.1) is 0 Å². The van der Waals surface area contributed by atoms with Crippen molar-refractivity contribution in [1.82, 2.24) is 20.2 Å². The molecule has 0 saturated carbocycles. The van der Waals surface area contributed by atoms with Crippen LogP contribution in [-0.2, 0) is 24.2 Å². The summed E-state index contributed by atoms with van der Waals surface area (Å²) in [5, 5.41) is 6.09. The van der Waals surface area contributed by atoms with Crippen molar-refractivity contribution in [2.45, 2.75) is 63.6 Å². The highest BCUT2D eigenvalue weighted by Gasteiger charge is 2.22. The molecule has 0 atom stereocenters. The lowest BCUT2D eigenvalue weighted by Gasteiger charge is -2.13. The normalized spacial score (nSPS) is 13.1. The summed E-state index contributed by atoms with van der Waals surface area (Å²) in [6.07, 6.45) is 8.72. The number of thiophene rings is 1. The van der Waals surface area contributed by atoms with Crippen molar-refractivity contribution in [1.29, 1.82) is 0 Å². The van der Waals surface area contributed by atoms with E-state index in [0.717, 1.165) is 55.2 Å². The van der Waals surface area contributed by atoms with Gasteiger partial charge in [0.2, 0.25) is 5.91 Å². The van der Waals surface area contributed by atoms with E-state index in [9.17, 15) is 14.4 Å². The zero-order valence-electron chi connectivity index (χ0n) is 17.3. The summed E-state index contributed by atoms with van der Waals surface area (Å²) < 4.78 is 1.72. The summed E-state index contributed by atoms with van der Waals surface area (Å²) in [5.41, 5.74) is 1.18. The molecule has 0 aliphatic heterocycles. The Hall–Kier alpha value is -2.13. The molecule has 2 aromatic heterocycles. The Kier molecular flexibility index (Phi) is 8.09. The molecule has 2 N–H and O–H groups in total. The summed E-state index contributed by atoms with van der Waals surface area (Å²) in [7, 11) is 0. The number of imide groups is 1. The van der Waals surface area contributed by atoms with Crippen molar-refractivity contribution in [3.63, 3.8) is 0 Å². The number of rotatable bonds is 9. The van der Waals surface area contributed by atoms with Crippen LogP contribution >= 0.6 is 23.1 Å². The van der Waals surface area contributed by atoms with Crippen LogP contribution in [0.4, 0.5) is 4.79 Å². The highest BCUT2D eigenvalue weighted by atomic mass is 32.2. The van der Waals surface area contributed by atoms with Crippen LogP contribution in [-0.4, -0.2) is 33.8 Å². The van der Waals surface area contributed by atoms with Gasteiger partial charge in [-0.3, -0.25) is 19.5 Å². The monoisotopic (exact) mass is 448 g/mol. The van der Waals surface area contributed by atoms with Crippen molar-refractivity contribution in [3.05, 3.63) is 33.4 Å². The first-order valence-corrected chi connectivity index (χ1v) is 12.2. The summed E-state index contributed by atoms with van der Waals surface area (Å²) in [6.45, 7) is 6.51. The number of hydrogen-bond acceptors (Lipinski definition) is 6. The van der Waals surface area contributed by atoms with E-state index in [2.05, 4.69) is 24.1 Å². The fraction of sp³-hybridized carbons (Fsp3) is 0.524. The lowest BCUT2D eigenvalue weighted by Crippen LogP contribution is -2.40. The maximum Gasteiger partial charge on any atom is 0.321 e. The molecule has 0 fully saturated rings. The fourth-order valence-corrected chi connectivity index (χ4v) is 5.68. The largest absolute Gasteiger partial charge is 0.334 e. The molecule has 0 saturated heterocycles. The Morgan fingerprint density at radius 1 is 1.30 bits per heavy atom. The number of nitrogens with zero attached hydrogens (tertiary/aromatic N) is 2. The van der Waals surface area contributed by atoms with Crippen LogP contribution in [0.15, 0.2) is 22.6 Å². The Balaban J connectivity index is 1.83. The van der Waals surface area contributed by atoms with E-state index >= 15 is 0 Å². The van der Waals surface area contributed by atoms with Gasteiger partial charge in [-0.15, -0.1) is 17.9 Å². The number of fused-ring (bicyclic) bond motifs is 3. The first kappa shape index (κ1) is 22.6. The van der Waals surface area contributed by atoms with Crippen molar-refractivity contribution in [3.8, 4) is 0 Å². The predicted molar refractivity (Wildman–Crippen MR) is 123 cm³/mol. The lowest BCUT2D eigenvalue weighted by molar-refractivity contribution is -0.117. The number of carbonyl (C=O) groups excluding carboxylic acids is 2. The van der Waals surface area contributed by atoms with Crippen LogP contribution in [0.3, 0.4) is 0 Å². The molecular weight excluding hydrogens is 420 g/mol. The lowest BCUT2D eigenvalue weighted by atomic mass is 9.97. The molecule has 3 rings (SSSR count). The summed E-state index contributed by atoms with van der Waals surface area (Å²) in [6, 6.07) is -0.560. The molecule has 3 amide bonds. The average molecular weight is 449 g/mol. The number of urea groups is 1. The van der Waals surface area contributed by atoms with Crippen LogP contribution in [0.5, 0.6) is 0 Å². The van der Waals surface area contributed by atoms with Gasteiger partial charge in [-0.05, 0) is 37.7 Å². The molecule has 0 radical (unpaired) electrons. The zero-order valence-corrected chi connectivity index (χ0v) is 18.9. The van der Waals surface area contributed by atoms with E-state index < -0.39 is 11.9 Å². The summed E-state index contributed by atoms with van der Waals surface area (Å²) >= 11 is 2.81. The summed E-state index contributed by atoms with van der Waals surface area (Å²) in [5.74, 6) is -0.417. The molecule has 0 spiro atoms. The number of hydrogen-bond donors (Lipinski definition) is 2. The van der Waals surface area contributed by atoms with Gasteiger partial charge in [-0.2, -0.15) is 0 Å². The molecule has 1 aliphatic rings. The SMILES string of the molecule is C=CCNC(=O)NC(=O)CSc1nc2sc3c(c2c(=O)n1CCCCC)CCCC3. The molecule has 9 heteroatoms. The van der Waals surface area contributed by atoms with Gasteiger partial charge < -0.3 is 5.32 Å². The van der Waals surface area contributed by atoms with E-state index in [1.807, 2.05) is 0 Å². The number of carbonyl (C=O) groups is 2. The van der Waals surface area contributed by atoms with E-state index in [0.29, 0.717) is 11.7 Å². The van der Waals surface area contributed by atoms with Crippen LogP contribution < -0.4 is 16.2 Å². The third-order valence-corrected chi connectivity index (χ3v) is 7.18. The van der Waals surface area contributed by atoms with Crippen molar-refractivity contribution < 1.29 is 9.59 Å². The van der Waals surface area contributed by atoms with E-state index in [4.69, 9.17) is 4.98 Å². The molecule has 30 heavy (non-hydrogen) atoms. The topological polar surface area (TPSA) is 93.1 Å². The van der Waals surface area contributed by atoms with Gasteiger partial charge in [0.1, 0.15) is 4.83 Å². The number of thioether (sulfide) groups is 1. The van der Waals surface area contributed by atoms with Gasteiger partial charge in [0.25, 0.3) is 5.56 Å². The van der Waals surface area contributed by atoms with E-state index in [-0.39, 0.29) is 17.9 Å². The highest BCUT2D eigenvalue weighted by molar-refractivity contribution is 7.99. The molecule has 0 aromatic carbocycles. The fourth-order valence-electron chi connectivity index (χ4n) is 3.55. The molecule has 2 aromatic rings. The van der Waals surface area contributed by atoms with Crippen molar-refractivity contribution in [2.24, 2.45) is 0 Å². The predicted octanol–water partition coefficient (Wildman–Crippen LogP) is 3.63. The second kappa shape index (κ2) is 10.8. The van der Waals surface area contributed by atoms with Gasteiger partial charge in [-0.1, -0.05) is 37.6 Å². The van der Waals surface area contributed by atoms with Crippen LogP contribution in [0.2, 0.25) is 0 Å². The summed E-state index contributed by atoms with van der Waals surface area (Å²) in [4.78, 5) is 44.0. The van der Waals surface area contributed by atoms with Gasteiger partial charge in [0, 0.05) is 18.0 Å². The second-order valence-corrected chi connectivity index (χ2v) is 9.31. The van der Waals surface area contributed by atoms with E-state index in [1.165, 1.54) is 28.3 Å². The van der Waals surface area contributed by atoms with Crippen LogP contribution in [0.1, 0.15) is 49.5 Å². The number of nitrogens with one attached hydrogen (secondary N) is 2. The van der Waals surface area contributed by atoms with E-state index in [1.54, 1.807) is 15.9 Å². The minimum atomic E-state index is -0.560. The van der Waals surface area contributed by atoms with Crippen molar-refractivity contribution in [2.75, 3.05) is 12.3 Å². The van der Waals surface area contributed by atoms with Gasteiger partial charge in [0.15, 0.2) is 5.16 Å². The third-order valence-electron chi connectivity index (χ3n) is 5.02. The van der Waals surface area contributed by atoms with Gasteiger partial charge >= 0.3 is 6.03 Å². The Labute approximate surface area is 184 Å². The quantitative estimate of drug-likeness (QED) is 0.264. The molecule has 0 unspecified atom stereocenters. The minimum absolute atomic E-state index is 0.00198. The second-order valence-electron chi connectivity index (χ2n) is 7.28. The first-order chi connectivity index (χ1) is 14.5. The standard InChI is InChI=1S/C21H28N4O3S2/c1-3-5-8-12-25-19(27)17-14-9-6-7-10-15(14)30-18(17)24-21(25)29-13-16(26)23-20(28)22-11-4-2/h4H,2-3,5-13H2,1H3,(H2,22,23,26,28). The van der Waals surface area contributed by atoms with Gasteiger partial charge in [0.05, 0.1) is 11.1 Å². The number of unbranched alkanes of at least 4 members (excludes halogenated alkanes) is 2. The third kappa shape index (κ3) is 5.31. The maximum absolute atomic E-state index is 13.4. The highest BCUT2D eigenvalue weighted by Crippen LogP contribution is 2.34. The molecule has 1 aliphatic carbocycles.